The summed E-state index contributed by atoms with van der Waals surface area (Å²) in [5, 5.41) is 6.46. The number of rotatable bonds is 3. The minimum Gasteiger partial charge on any atom is -0.444 e. The molecule has 134 valence electrons. The third kappa shape index (κ3) is 4.63. The molecule has 0 unspecified atom stereocenters. The van der Waals surface area contributed by atoms with Crippen molar-refractivity contribution in [3.05, 3.63) is 11.5 Å². The number of hydrogen-bond donors (Lipinski definition) is 2. The third-order valence-electron chi connectivity index (χ3n) is 4.00. The van der Waals surface area contributed by atoms with Gasteiger partial charge >= 0.3 is 6.09 Å². The first-order valence-corrected chi connectivity index (χ1v) is 8.46. The number of hydrogen-bond acceptors (Lipinski definition) is 6. The maximum absolute atomic E-state index is 12.0. The molecule has 2 N–H and O–H groups in total. The molecule has 0 saturated carbocycles. The standard InChI is InChI=1S/C16H26ClN5O2/c1-15(2,3)24-14(23)21-16(4)6-8-22(9-7-16)13-11(18-5)12(17)19-10-20-13/h10,18H,6-9H2,1-5H3,(H,21,23). The molecule has 0 radical (unpaired) electrons. The molecular formula is C16H26ClN5O2. The number of alkyl carbamates (subject to hydrolysis) is 1. The lowest BCUT2D eigenvalue weighted by Gasteiger charge is -2.40. The molecule has 1 aliphatic rings. The van der Waals surface area contributed by atoms with Crippen LogP contribution in [-0.2, 0) is 4.74 Å². The molecule has 24 heavy (non-hydrogen) atoms. The average molecular weight is 356 g/mol. The minimum atomic E-state index is -0.499. The van der Waals surface area contributed by atoms with Crippen molar-refractivity contribution in [3.63, 3.8) is 0 Å². The molecular weight excluding hydrogens is 330 g/mol. The molecule has 1 aromatic rings. The van der Waals surface area contributed by atoms with E-state index in [1.54, 1.807) is 7.05 Å². The fourth-order valence-corrected chi connectivity index (χ4v) is 2.92. The van der Waals surface area contributed by atoms with Gasteiger partial charge in [-0.3, -0.25) is 0 Å². The Morgan fingerprint density at radius 1 is 1.33 bits per heavy atom. The fraction of sp³-hybridized carbons (Fsp3) is 0.688. The predicted molar refractivity (Wildman–Crippen MR) is 95.8 cm³/mol. The van der Waals surface area contributed by atoms with Crippen LogP contribution >= 0.6 is 11.6 Å². The van der Waals surface area contributed by atoms with Crippen molar-refractivity contribution in [2.24, 2.45) is 0 Å². The Hall–Kier alpha value is -1.76. The van der Waals surface area contributed by atoms with Crippen molar-refractivity contribution in [3.8, 4) is 0 Å². The zero-order valence-corrected chi connectivity index (χ0v) is 15.7. The molecule has 0 atom stereocenters. The molecule has 2 heterocycles. The van der Waals surface area contributed by atoms with Crippen molar-refractivity contribution < 1.29 is 9.53 Å². The van der Waals surface area contributed by atoms with E-state index >= 15 is 0 Å². The van der Waals surface area contributed by atoms with E-state index < -0.39 is 5.60 Å². The van der Waals surface area contributed by atoms with Gasteiger partial charge in [0, 0.05) is 25.7 Å². The first-order valence-electron chi connectivity index (χ1n) is 8.08. The third-order valence-corrected chi connectivity index (χ3v) is 4.29. The van der Waals surface area contributed by atoms with Gasteiger partial charge in [-0.15, -0.1) is 0 Å². The van der Waals surface area contributed by atoms with Crippen LogP contribution in [0.3, 0.4) is 0 Å². The molecule has 1 fully saturated rings. The van der Waals surface area contributed by atoms with E-state index in [0.29, 0.717) is 5.15 Å². The van der Waals surface area contributed by atoms with Crippen molar-refractivity contribution in [1.82, 2.24) is 15.3 Å². The van der Waals surface area contributed by atoms with Crippen molar-refractivity contribution >= 4 is 29.2 Å². The van der Waals surface area contributed by atoms with Gasteiger partial charge in [0.1, 0.15) is 17.6 Å². The van der Waals surface area contributed by atoms with E-state index in [9.17, 15) is 4.79 Å². The van der Waals surface area contributed by atoms with E-state index in [-0.39, 0.29) is 11.6 Å². The van der Waals surface area contributed by atoms with Crippen LogP contribution in [0.25, 0.3) is 0 Å². The Kier molecular flexibility index (Phi) is 5.42. The number of piperidine rings is 1. The smallest absolute Gasteiger partial charge is 0.408 e. The summed E-state index contributed by atoms with van der Waals surface area (Å²) in [4.78, 5) is 22.5. The van der Waals surface area contributed by atoms with Gasteiger partial charge in [-0.1, -0.05) is 11.6 Å². The van der Waals surface area contributed by atoms with Crippen LogP contribution in [0.4, 0.5) is 16.3 Å². The van der Waals surface area contributed by atoms with Crippen LogP contribution in [0.15, 0.2) is 6.33 Å². The van der Waals surface area contributed by atoms with Crippen LogP contribution in [0.1, 0.15) is 40.5 Å². The zero-order chi connectivity index (χ0) is 18.0. The molecule has 0 bridgehead atoms. The number of halogens is 1. The van der Waals surface area contributed by atoms with Crippen molar-refractivity contribution in [2.45, 2.75) is 51.7 Å². The second-order valence-corrected chi connectivity index (χ2v) is 7.65. The summed E-state index contributed by atoms with van der Waals surface area (Å²) in [6.07, 6.45) is 2.67. The van der Waals surface area contributed by atoms with Gasteiger partial charge in [-0.2, -0.15) is 0 Å². The van der Waals surface area contributed by atoms with E-state index in [4.69, 9.17) is 16.3 Å². The molecule has 2 rings (SSSR count). The first-order chi connectivity index (χ1) is 11.1. The molecule has 0 spiro atoms. The Morgan fingerprint density at radius 2 is 1.96 bits per heavy atom. The summed E-state index contributed by atoms with van der Waals surface area (Å²) in [6, 6.07) is 0. The Morgan fingerprint density at radius 3 is 2.50 bits per heavy atom. The minimum absolute atomic E-state index is 0.296. The number of carbonyl (C=O) groups is 1. The lowest BCUT2D eigenvalue weighted by Crippen LogP contribution is -2.54. The molecule has 1 aliphatic heterocycles. The monoisotopic (exact) mass is 355 g/mol. The second kappa shape index (κ2) is 7.01. The summed E-state index contributed by atoms with van der Waals surface area (Å²) in [5.41, 5.74) is -0.0707. The quantitative estimate of drug-likeness (QED) is 0.811. The number of nitrogens with one attached hydrogen (secondary N) is 2. The number of aromatic nitrogens is 2. The largest absolute Gasteiger partial charge is 0.444 e. The van der Waals surface area contributed by atoms with Crippen molar-refractivity contribution in [1.29, 1.82) is 0 Å². The zero-order valence-electron chi connectivity index (χ0n) is 14.9. The van der Waals surface area contributed by atoms with E-state index in [1.807, 2.05) is 27.7 Å². The molecule has 1 aromatic heterocycles. The van der Waals surface area contributed by atoms with Gasteiger partial charge < -0.3 is 20.3 Å². The normalized spacial score (nSPS) is 17.3. The van der Waals surface area contributed by atoms with E-state index in [0.717, 1.165) is 37.4 Å². The Labute approximate surface area is 148 Å². The van der Waals surface area contributed by atoms with Crippen LogP contribution in [0, 0.1) is 0 Å². The maximum atomic E-state index is 12.0. The highest BCUT2D eigenvalue weighted by Gasteiger charge is 2.34. The van der Waals surface area contributed by atoms with Crippen LogP contribution in [-0.4, -0.2) is 47.3 Å². The SMILES string of the molecule is CNc1c(Cl)ncnc1N1CCC(C)(NC(=O)OC(C)(C)C)CC1. The topological polar surface area (TPSA) is 79.4 Å². The molecule has 0 aromatic carbocycles. The molecule has 8 heteroatoms. The van der Waals surface area contributed by atoms with Gasteiger partial charge in [-0.25, -0.2) is 14.8 Å². The van der Waals surface area contributed by atoms with Gasteiger partial charge in [0.15, 0.2) is 11.0 Å². The molecule has 1 amide bonds. The number of carbonyl (C=O) groups excluding carboxylic acids is 1. The maximum Gasteiger partial charge on any atom is 0.408 e. The summed E-state index contributed by atoms with van der Waals surface area (Å²) in [5.74, 6) is 0.789. The summed E-state index contributed by atoms with van der Waals surface area (Å²) in [7, 11) is 1.80. The first kappa shape index (κ1) is 18.6. The Balaban J connectivity index is 2.00. The second-order valence-electron chi connectivity index (χ2n) is 7.29. The fourth-order valence-electron chi connectivity index (χ4n) is 2.70. The highest BCUT2D eigenvalue weighted by Crippen LogP contribution is 2.32. The van der Waals surface area contributed by atoms with Gasteiger partial charge in [-0.05, 0) is 40.5 Å². The Bertz CT molecular complexity index is 595. The van der Waals surface area contributed by atoms with E-state index in [2.05, 4.69) is 25.5 Å². The molecule has 1 saturated heterocycles. The highest BCUT2D eigenvalue weighted by molar-refractivity contribution is 6.32. The number of nitrogens with zero attached hydrogens (tertiary/aromatic N) is 3. The summed E-state index contributed by atoms with van der Waals surface area (Å²) < 4.78 is 5.36. The molecule has 7 nitrogen and oxygen atoms in total. The van der Waals surface area contributed by atoms with Crippen LogP contribution in [0.5, 0.6) is 0 Å². The number of ether oxygens (including phenoxy) is 1. The van der Waals surface area contributed by atoms with Crippen LogP contribution < -0.4 is 15.5 Å². The summed E-state index contributed by atoms with van der Waals surface area (Å²) in [6.45, 7) is 9.13. The van der Waals surface area contributed by atoms with Gasteiger partial charge in [0.05, 0.1) is 0 Å². The lowest BCUT2D eigenvalue weighted by atomic mass is 9.90. The summed E-state index contributed by atoms with van der Waals surface area (Å²) >= 11 is 6.12. The van der Waals surface area contributed by atoms with E-state index in [1.165, 1.54) is 6.33 Å². The molecule has 0 aliphatic carbocycles. The van der Waals surface area contributed by atoms with Gasteiger partial charge in [0.25, 0.3) is 0 Å². The highest BCUT2D eigenvalue weighted by atomic mass is 35.5. The number of anilines is 2. The lowest BCUT2D eigenvalue weighted by molar-refractivity contribution is 0.0448. The van der Waals surface area contributed by atoms with Crippen molar-refractivity contribution in [2.75, 3.05) is 30.4 Å². The average Bonchev–Trinajstić information content (AvgIpc) is 2.45. The van der Waals surface area contributed by atoms with Crippen LogP contribution in [0.2, 0.25) is 5.15 Å². The van der Waals surface area contributed by atoms with Gasteiger partial charge in [0.2, 0.25) is 0 Å². The predicted octanol–water partition coefficient (Wildman–Crippen LogP) is 3.06. The number of amides is 1.